The van der Waals surface area contributed by atoms with Crippen molar-refractivity contribution in [2.75, 3.05) is 0 Å². The van der Waals surface area contributed by atoms with Crippen molar-refractivity contribution >= 4 is 21.4 Å². The lowest BCUT2D eigenvalue weighted by molar-refractivity contribution is 0.594. The van der Waals surface area contributed by atoms with Crippen molar-refractivity contribution in [3.05, 3.63) is 34.7 Å². The third-order valence-corrected chi connectivity index (χ3v) is 4.63. The highest BCUT2D eigenvalue weighted by molar-refractivity contribution is 7.19. The summed E-state index contributed by atoms with van der Waals surface area (Å²) in [5, 5.41) is 1.44. The Balaban J connectivity index is 2.70. The maximum absolute atomic E-state index is 2.39. The summed E-state index contributed by atoms with van der Waals surface area (Å²) in [7, 11) is 0. The smallest absolute Gasteiger partial charge is 0.0348 e. The van der Waals surface area contributed by atoms with E-state index in [-0.39, 0.29) is 10.8 Å². The Kier molecular flexibility index (Phi) is 2.86. The summed E-state index contributed by atoms with van der Waals surface area (Å²) in [4.78, 5) is 1.48. The van der Waals surface area contributed by atoms with Crippen molar-refractivity contribution in [1.82, 2.24) is 0 Å². The number of thiophene rings is 1. The lowest BCUT2D eigenvalue weighted by Crippen LogP contribution is -2.11. The first-order valence-corrected chi connectivity index (χ1v) is 7.05. The normalized spacial score (nSPS) is 13.3. The van der Waals surface area contributed by atoms with Gasteiger partial charge in [0, 0.05) is 9.58 Å². The van der Waals surface area contributed by atoms with E-state index < -0.39 is 0 Å². The van der Waals surface area contributed by atoms with Crippen molar-refractivity contribution in [2.45, 2.75) is 52.4 Å². The van der Waals surface area contributed by atoms with Gasteiger partial charge in [-0.1, -0.05) is 53.7 Å². The highest BCUT2D eigenvalue weighted by atomic mass is 32.1. The zero-order valence-corrected chi connectivity index (χ0v) is 12.5. The number of fused-ring (bicyclic) bond motifs is 1. The SMILES string of the molecule is CC(C)(C)c1cc2c(C(C)(C)C)cccc2s1. The molecule has 2 aromatic rings. The molecule has 0 N–H and O–H groups in total. The maximum atomic E-state index is 2.39. The molecule has 2 rings (SSSR count). The Hall–Kier alpha value is -0.820. The zero-order valence-electron chi connectivity index (χ0n) is 11.7. The monoisotopic (exact) mass is 246 g/mol. The second-order valence-corrected chi connectivity index (χ2v) is 7.91. The van der Waals surface area contributed by atoms with Crippen LogP contribution in [0.5, 0.6) is 0 Å². The minimum absolute atomic E-state index is 0.218. The molecule has 0 atom stereocenters. The standard InChI is InChI=1S/C16H22S/c1-15(2,3)12-8-7-9-13-11(12)10-14(17-13)16(4,5)6/h7-10H,1-6H3. The third kappa shape index (κ3) is 2.40. The molecule has 1 aromatic carbocycles. The molecule has 0 unspecified atom stereocenters. The first kappa shape index (κ1) is 12.6. The molecule has 0 saturated carbocycles. The van der Waals surface area contributed by atoms with Crippen LogP contribution in [0, 0.1) is 0 Å². The van der Waals surface area contributed by atoms with E-state index in [9.17, 15) is 0 Å². The molecule has 1 heteroatoms. The molecular weight excluding hydrogens is 224 g/mol. The quantitative estimate of drug-likeness (QED) is 0.576. The van der Waals surface area contributed by atoms with Crippen LogP contribution in [0.2, 0.25) is 0 Å². The highest BCUT2D eigenvalue weighted by Crippen LogP contribution is 2.38. The molecule has 0 saturated heterocycles. The van der Waals surface area contributed by atoms with Gasteiger partial charge in [0.1, 0.15) is 0 Å². The molecule has 0 spiro atoms. The van der Waals surface area contributed by atoms with Crippen LogP contribution in [0.25, 0.3) is 10.1 Å². The van der Waals surface area contributed by atoms with E-state index in [0.29, 0.717) is 0 Å². The molecule has 0 aliphatic rings. The van der Waals surface area contributed by atoms with Crippen LogP contribution in [0.1, 0.15) is 52.0 Å². The van der Waals surface area contributed by atoms with E-state index in [1.165, 1.54) is 20.5 Å². The van der Waals surface area contributed by atoms with E-state index in [1.807, 2.05) is 11.3 Å². The van der Waals surface area contributed by atoms with Crippen LogP contribution in [0.4, 0.5) is 0 Å². The summed E-state index contributed by atoms with van der Waals surface area (Å²) in [6, 6.07) is 9.08. The summed E-state index contributed by atoms with van der Waals surface area (Å²) < 4.78 is 1.42. The van der Waals surface area contributed by atoms with Gasteiger partial charge in [-0.2, -0.15) is 0 Å². The average Bonchev–Trinajstić information content (AvgIpc) is 2.57. The summed E-state index contributed by atoms with van der Waals surface area (Å²) in [5.41, 5.74) is 1.93. The summed E-state index contributed by atoms with van der Waals surface area (Å²) in [6.07, 6.45) is 0. The molecule has 0 nitrogen and oxygen atoms in total. The lowest BCUT2D eigenvalue weighted by Gasteiger charge is -2.20. The Bertz CT molecular complexity index is 533. The van der Waals surface area contributed by atoms with Crippen LogP contribution < -0.4 is 0 Å². The van der Waals surface area contributed by atoms with E-state index in [4.69, 9.17) is 0 Å². The third-order valence-electron chi connectivity index (χ3n) is 3.11. The molecule has 92 valence electrons. The molecular formula is C16H22S. The summed E-state index contributed by atoms with van der Waals surface area (Å²) in [5.74, 6) is 0. The van der Waals surface area contributed by atoms with Crippen LogP contribution in [-0.2, 0) is 10.8 Å². The van der Waals surface area contributed by atoms with Crippen LogP contribution in [0.15, 0.2) is 24.3 Å². The van der Waals surface area contributed by atoms with Gasteiger partial charge in [-0.3, -0.25) is 0 Å². The van der Waals surface area contributed by atoms with Crippen LogP contribution in [-0.4, -0.2) is 0 Å². The van der Waals surface area contributed by atoms with Crippen molar-refractivity contribution in [3.8, 4) is 0 Å². The van der Waals surface area contributed by atoms with Gasteiger partial charge in [0.25, 0.3) is 0 Å². The molecule has 0 amide bonds. The van der Waals surface area contributed by atoms with Gasteiger partial charge in [-0.15, -0.1) is 11.3 Å². The van der Waals surface area contributed by atoms with Gasteiger partial charge in [-0.05, 0) is 33.9 Å². The minimum Gasteiger partial charge on any atom is -0.140 e. The van der Waals surface area contributed by atoms with E-state index in [1.54, 1.807) is 0 Å². The van der Waals surface area contributed by atoms with Gasteiger partial charge in [-0.25, -0.2) is 0 Å². The van der Waals surface area contributed by atoms with E-state index in [2.05, 4.69) is 65.8 Å². The van der Waals surface area contributed by atoms with Crippen molar-refractivity contribution in [2.24, 2.45) is 0 Å². The number of hydrogen-bond donors (Lipinski definition) is 0. The minimum atomic E-state index is 0.218. The molecule has 0 bridgehead atoms. The predicted octanol–water partition coefficient (Wildman–Crippen LogP) is 5.50. The predicted molar refractivity (Wildman–Crippen MR) is 79.2 cm³/mol. The second-order valence-electron chi connectivity index (χ2n) is 6.83. The number of rotatable bonds is 0. The van der Waals surface area contributed by atoms with Crippen LogP contribution >= 0.6 is 11.3 Å². The first-order chi connectivity index (χ1) is 7.69. The van der Waals surface area contributed by atoms with Gasteiger partial charge in [0.15, 0.2) is 0 Å². The fourth-order valence-electron chi connectivity index (χ4n) is 2.08. The molecule has 1 heterocycles. The second kappa shape index (κ2) is 3.84. The Labute approximate surface area is 109 Å². The van der Waals surface area contributed by atoms with Crippen molar-refractivity contribution in [1.29, 1.82) is 0 Å². The molecule has 1 aromatic heterocycles. The largest absolute Gasteiger partial charge is 0.140 e. The van der Waals surface area contributed by atoms with E-state index in [0.717, 1.165) is 0 Å². The maximum Gasteiger partial charge on any atom is 0.0348 e. The fourth-order valence-corrected chi connectivity index (χ4v) is 3.23. The number of benzene rings is 1. The lowest BCUT2D eigenvalue weighted by atomic mass is 9.84. The summed E-state index contributed by atoms with van der Waals surface area (Å²) in [6.45, 7) is 13.7. The first-order valence-electron chi connectivity index (χ1n) is 6.23. The number of hydrogen-bond acceptors (Lipinski definition) is 1. The van der Waals surface area contributed by atoms with Gasteiger partial charge in [0.2, 0.25) is 0 Å². The van der Waals surface area contributed by atoms with Crippen molar-refractivity contribution < 1.29 is 0 Å². The molecule has 0 fully saturated rings. The summed E-state index contributed by atoms with van der Waals surface area (Å²) >= 11 is 1.93. The van der Waals surface area contributed by atoms with Gasteiger partial charge in [0.05, 0.1) is 0 Å². The van der Waals surface area contributed by atoms with E-state index >= 15 is 0 Å². The Morgan fingerprint density at radius 3 is 2.06 bits per heavy atom. The van der Waals surface area contributed by atoms with Gasteiger partial charge < -0.3 is 0 Å². The molecule has 0 aliphatic heterocycles. The fraction of sp³-hybridized carbons (Fsp3) is 0.500. The molecule has 0 aliphatic carbocycles. The van der Waals surface area contributed by atoms with Crippen molar-refractivity contribution in [3.63, 3.8) is 0 Å². The average molecular weight is 246 g/mol. The molecule has 0 radical (unpaired) electrons. The Morgan fingerprint density at radius 2 is 1.53 bits per heavy atom. The van der Waals surface area contributed by atoms with Crippen LogP contribution in [0.3, 0.4) is 0 Å². The topological polar surface area (TPSA) is 0 Å². The highest BCUT2D eigenvalue weighted by Gasteiger charge is 2.21. The molecule has 17 heavy (non-hydrogen) atoms. The Morgan fingerprint density at radius 1 is 0.882 bits per heavy atom. The zero-order chi connectivity index (χ0) is 12.8. The van der Waals surface area contributed by atoms with Gasteiger partial charge >= 0.3 is 0 Å².